The summed E-state index contributed by atoms with van der Waals surface area (Å²) in [4.78, 5) is 10.7. The van der Waals surface area contributed by atoms with Crippen molar-refractivity contribution in [3.05, 3.63) is 56.0 Å². The van der Waals surface area contributed by atoms with Gasteiger partial charge in [-0.3, -0.25) is 4.98 Å². The summed E-state index contributed by atoms with van der Waals surface area (Å²) in [6.07, 6.45) is 8.69. The fourth-order valence-corrected chi connectivity index (χ4v) is 0.585. The monoisotopic (exact) mass is 219 g/mol. The molecule has 0 aliphatic carbocycles. The number of aromatic nitrogens is 5. The topological polar surface area (TPSA) is 90.7 Å². The maximum Gasteiger partial charge on any atom is 0.213 e. The lowest BCUT2D eigenvalue weighted by Gasteiger charge is -1.70. The molecule has 0 unspecified atom stereocenters. The van der Waals surface area contributed by atoms with Gasteiger partial charge in [-0.2, -0.15) is 0 Å². The van der Waals surface area contributed by atoms with Crippen LogP contribution in [-0.2, 0) is 0 Å². The molecule has 0 saturated heterocycles. The third kappa shape index (κ3) is 6.89. The second-order valence-corrected chi connectivity index (χ2v) is 2.19. The van der Waals surface area contributed by atoms with Gasteiger partial charge in [-0.15, -0.1) is 0 Å². The second kappa shape index (κ2) is 9.00. The molecule has 0 aromatic carbocycles. The zero-order valence-corrected chi connectivity index (χ0v) is 8.25. The highest BCUT2D eigenvalue weighted by Gasteiger charge is 1.61. The Kier molecular flexibility index (Phi) is 6.47. The molecule has 0 aliphatic heterocycles. The number of hydrogen-bond acceptors (Lipinski definition) is 7. The van der Waals surface area contributed by atoms with Crippen molar-refractivity contribution in [1.29, 1.82) is 0 Å². The molecule has 0 aliphatic rings. The van der Waals surface area contributed by atoms with E-state index in [0.717, 1.165) is 0 Å². The van der Waals surface area contributed by atoms with Gasteiger partial charge in [0.2, 0.25) is 12.8 Å². The summed E-state index contributed by atoms with van der Waals surface area (Å²) < 4.78 is 8.44. The first-order chi connectivity index (χ1) is 8.00. The van der Waals surface area contributed by atoms with E-state index in [1.54, 1.807) is 12.4 Å². The highest BCUT2D eigenvalue weighted by molar-refractivity contribution is 4.88. The minimum Gasteiger partial charge on any atom is -0.343 e. The molecule has 3 rings (SSSR count). The largest absolute Gasteiger partial charge is 0.343 e. The van der Waals surface area contributed by atoms with E-state index >= 15 is 0 Å². The molecule has 0 radical (unpaired) electrons. The minimum atomic E-state index is 1.26. The number of hydrogen-bond donors (Lipinski definition) is 0. The Morgan fingerprint density at radius 1 is 0.625 bits per heavy atom. The van der Waals surface area contributed by atoms with Crippen LogP contribution < -0.4 is 0 Å². The quantitative estimate of drug-likeness (QED) is 0.561. The molecule has 3 heterocycles. The molecule has 0 spiro atoms. The lowest BCUT2D eigenvalue weighted by atomic mass is 10.5. The number of rotatable bonds is 0. The van der Waals surface area contributed by atoms with Crippen LogP contribution >= 0.6 is 0 Å². The molecule has 0 saturated carbocycles. The second-order valence-electron chi connectivity index (χ2n) is 2.19. The third-order valence-corrected chi connectivity index (χ3v) is 1.13. The van der Waals surface area contributed by atoms with Crippen molar-refractivity contribution < 1.29 is 9.05 Å². The lowest BCUT2D eigenvalue weighted by Crippen LogP contribution is -1.58. The Balaban J connectivity index is 0.000000121. The standard InChI is InChI=1S/C5H5N.2C2H2N2O/c1-2-4-6-5-3-1;2*1-3-2-5-4-1/h1-5H;2*1-2H. The predicted molar refractivity (Wildman–Crippen MR) is 52.8 cm³/mol. The summed E-state index contributed by atoms with van der Waals surface area (Å²) in [5.41, 5.74) is 0. The van der Waals surface area contributed by atoms with E-state index in [2.05, 4.69) is 34.3 Å². The van der Waals surface area contributed by atoms with Crippen molar-refractivity contribution in [2.75, 3.05) is 0 Å². The van der Waals surface area contributed by atoms with Gasteiger partial charge in [-0.05, 0) is 12.1 Å². The average molecular weight is 219 g/mol. The van der Waals surface area contributed by atoms with Crippen molar-refractivity contribution in [2.45, 2.75) is 0 Å². The summed E-state index contributed by atoms with van der Waals surface area (Å²) >= 11 is 0. The van der Waals surface area contributed by atoms with Gasteiger partial charge >= 0.3 is 0 Å². The van der Waals surface area contributed by atoms with Crippen molar-refractivity contribution >= 4 is 0 Å². The average Bonchev–Trinajstić information content (AvgIpc) is 3.10. The molecule has 7 heteroatoms. The molecule has 0 amide bonds. The smallest absolute Gasteiger partial charge is 0.213 e. The minimum absolute atomic E-state index is 1.26. The van der Waals surface area contributed by atoms with Crippen LogP contribution in [0.4, 0.5) is 0 Å². The van der Waals surface area contributed by atoms with E-state index in [1.807, 2.05) is 18.2 Å². The predicted octanol–water partition coefficient (Wildman–Crippen LogP) is 1.22. The van der Waals surface area contributed by atoms with Crippen LogP contribution in [0.1, 0.15) is 0 Å². The van der Waals surface area contributed by atoms with Gasteiger partial charge in [0.1, 0.15) is 0 Å². The molecule has 0 atom stereocenters. The molecule has 3 aromatic rings. The summed E-state index contributed by atoms with van der Waals surface area (Å²) in [6.45, 7) is 0. The fraction of sp³-hybridized carbons (Fsp3) is 0. The van der Waals surface area contributed by atoms with Gasteiger partial charge in [0.15, 0.2) is 12.7 Å². The first kappa shape index (κ1) is 11.5. The molecule has 7 nitrogen and oxygen atoms in total. The molecule has 0 N–H and O–H groups in total. The first-order valence-corrected chi connectivity index (χ1v) is 4.24. The van der Waals surface area contributed by atoms with Crippen LogP contribution in [0.25, 0.3) is 0 Å². The summed E-state index contributed by atoms with van der Waals surface area (Å²) in [6, 6.07) is 5.72. The van der Waals surface area contributed by atoms with Crippen molar-refractivity contribution in [3.63, 3.8) is 0 Å². The van der Waals surface area contributed by atoms with E-state index in [0.29, 0.717) is 0 Å². The highest BCUT2D eigenvalue weighted by Crippen LogP contribution is 1.73. The molecule has 82 valence electrons. The molecule has 16 heavy (non-hydrogen) atoms. The zero-order chi connectivity index (χ0) is 11.3. The van der Waals surface area contributed by atoms with Crippen LogP contribution in [0.3, 0.4) is 0 Å². The van der Waals surface area contributed by atoms with Gasteiger partial charge in [0.05, 0.1) is 0 Å². The molecule has 0 fully saturated rings. The number of nitrogens with zero attached hydrogens (tertiary/aromatic N) is 5. The molecular formula is C9H9N5O2. The Morgan fingerprint density at radius 3 is 1.31 bits per heavy atom. The molecule has 3 aromatic heterocycles. The summed E-state index contributed by atoms with van der Waals surface area (Å²) in [7, 11) is 0. The Hall–Kier alpha value is -2.57. The van der Waals surface area contributed by atoms with E-state index in [4.69, 9.17) is 0 Å². The summed E-state index contributed by atoms with van der Waals surface area (Å²) in [5, 5.41) is 6.47. The maximum atomic E-state index is 4.22. The summed E-state index contributed by atoms with van der Waals surface area (Å²) in [5.74, 6) is 0. The number of pyridine rings is 1. The van der Waals surface area contributed by atoms with Gasteiger partial charge < -0.3 is 9.05 Å². The van der Waals surface area contributed by atoms with Crippen molar-refractivity contribution in [2.24, 2.45) is 0 Å². The van der Waals surface area contributed by atoms with Gasteiger partial charge in [0, 0.05) is 12.4 Å². The van der Waals surface area contributed by atoms with Gasteiger partial charge in [0.25, 0.3) is 0 Å². The van der Waals surface area contributed by atoms with Crippen molar-refractivity contribution in [3.8, 4) is 0 Å². The molecular weight excluding hydrogens is 210 g/mol. The first-order valence-electron chi connectivity index (χ1n) is 4.24. The van der Waals surface area contributed by atoms with Gasteiger partial charge in [-0.1, -0.05) is 16.4 Å². The Bertz CT molecular complexity index is 313. The SMILES string of the molecule is c1ccncc1.c1ncon1.c1ncon1. The highest BCUT2D eigenvalue weighted by atomic mass is 16.5. The van der Waals surface area contributed by atoms with Crippen LogP contribution in [0.5, 0.6) is 0 Å². The van der Waals surface area contributed by atoms with E-state index in [1.165, 1.54) is 25.4 Å². The van der Waals surface area contributed by atoms with Crippen LogP contribution in [0.15, 0.2) is 65.1 Å². The van der Waals surface area contributed by atoms with Crippen LogP contribution in [-0.4, -0.2) is 25.3 Å². The van der Waals surface area contributed by atoms with Crippen LogP contribution in [0.2, 0.25) is 0 Å². The third-order valence-electron chi connectivity index (χ3n) is 1.13. The lowest BCUT2D eigenvalue weighted by molar-refractivity contribution is 0.416. The molecule has 0 bridgehead atoms. The van der Waals surface area contributed by atoms with E-state index < -0.39 is 0 Å². The van der Waals surface area contributed by atoms with Gasteiger partial charge in [-0.25, -0.2) is 9.97 Å². The van der Waals surface area contributed by atoms with Crippen LogP contribution in [0, 0.1) is 0 Å². The Labute approximate surface area is 91.1 Å². The fourth-order valence-electron chi connectivity index (χ4n) is 0.585. The van der Waals surface area contributed by atoms with E-state index in [-0.39, 0.29) is 0 Å². The van der Waals surface area contributed by atoms with Crippen molar-refractivity contribution in [1.82, 2.24) is 25.3 Å². The normalized spacial score (nSPS) is 8.00. The maximum absolute atomic E-state index is 4.22. The zero-order valence-electron chi connectivity index (χ0n) is 8.25. The Morgan fingerprint density at radius 2 is 1.19 bits per heavy atom. The van der Waals surface area contributed by atoms with E-state index in [9.17, 15) is 0 Å².